The number of hydrogen-bond donors (Lipinski definition) is 0. The Kier molecular flexibility index (Phi) is 4.31. The summed E-state index contributed by atoms with van der Waals surface area (Å²) < 4.78 is 5.50. The molecule has 0 aliphatic carbocycles. The molecule has 1 aliphatic heterocycles. The van der Waals surface area contributed by atoms with E-state index in [-0.39, 0.29) is 12.0 Å². The fourth-order valence-electron chi connectivity index (χ4n) is 1.83. The molecule has 1 atom stereocenters. The third kappa shape index (κ3) is 2.96. The molecule has 1 aliphatic rings. The van der Waals surface area contributed by atoms with Gasteiger partial charge >= 0.3 is 0 Å². The van der Waals surface area contributed by atoms with Crippen LogP contribution in [-0.4, -0.2) is 36.6 Å². The number of ether oxygens (including phenoxy) is 1. The summed E-state index contributed by atoms with van der Waals surface area (Å²) in [6.45, 7) is 7.28. The number of likely N-dealkylation sites (N-methyl/N-ethyl adjacent to an activating group) is 1. The average Bonchev–Trinajstić information content (AvgIpc) is 2.77. The standard InChI is InChI=1S/C12H20N2O2/c1-4-14(8-10-6-5-7-16-10)11(15)12(2,3)9-13/h10H,4-8H2,1-3H3/t10-/m1/s1. The molecule has 1 heterocycles. The van der Waals surface area contributed by atoms with Crippen LogP contribution in [0.2, 0.25) is 0 Å². The summed E-state index contributed by atoms with van der Waals surface area (Å²) in [5.74, 6) is -0.104. The van der Waals surface area contributed by atoms with Crippen LogP contribution in [0.1, 0.15) is 33.6 Å². The van der Waals surface area contributed by atoms with Crippen molar-refractivity contribution in [2.45, 2.75) is 39.7 Å². The minimum Gasteiger partial charge on any atom is -0.376 e. The minimum atomic E-state index is -0.936. The van der Waals surface area contributed by atoms with Gasteiger partial charge in [0.15, 0.2) is 0 Å². The summed E-state index contributed by atoms with van der Waals surface area (Å²) >= 11 is 0. The zero-order valence-electron chi connectivity index (χ0n) is 10.3. The molecule has 0 unspecified atom stereocenters. The zero-order chi connectivity index (χ0) is 12.2. The van der Waals surface area contributed by atoms with Crippen LogP contribution in [0, 0.1) is 16.7 Å². The second-order valence-corrected chi connectivity index (χ2v) is 4.72. The van der Waals surface area contributed by atoms with Crippen molar-refractivity contribution in [2.24, 2.45) is 5.41 Å². The molecule has 0 N–H and O–H groups in total. The molecule has 0 aromatic heterocycles. The summed E-state index contributed by atoms with van der Waals surface area (Å²) in [5, 5.41) is 8.94. The first-order valence-electron chi connectivity index (χ1n) is 5.83. The fourth-order valence-corrected chi connectivity index (χ4v) is 1.83. The van der Waals surface area contributed by atoms with Crippen molar-refractivity contribution in [1.82, 2.24) is 4.90 Å². The lowest BCUT2D eigenvalue weighted by Crippen LogP contribution is -2.43. The number of amides is 1. The van der Waals surface area contributed by atoms with E-state index in [4.69, 9.17) is 10.00 Å². The third-order valence-electron chi connectivity index (χ3n) is 2.93. The van der Waals surface area contributed by atoms with Crippen LogP contribution < -0.4 is 0 Å². The van der Waals surface area contributed by atoms with E-state index in [0.29, 0.717) is 13.1 Å². The lowest BCUT2D eigenvalue weighted by molar-refractivity contribution is -0.138. The maximum absolute atomic E-state index is 12.1. The lowest BCUT2D eigenvalue weighted by Gasteiger charge is -2.28. The van der Waals surface area contributed by atoms with Crippen LogP contribution in [0.15, 0.2) is 0 Å². The van der Waals surface area contributed by atoms with Gasteiger partial charge in [0, 0.05) is 19.7 Å². The van der Waals surface area contributed by atoms with Crippen molar-refractivity contribution in [3.63, 3.8) is 0 Å². The Morgan fingerprint density at radius 1 is 1.62 bits per heavy atom. The number of carbonyl (C=O) groups excluding carboxylic acids is 1. The zero-order valence-corrected chi connectivity index (χ0v) is 10.3. The van der Waals surface area contributed by atoms with Gasteiger partial charge < -0.3 is 9.64 Å². The van der Waals surface area contributed by atoms with Crippen molar-refractivity contribution in [1.29, 1.82) is 5.26 Å². The maximum Gasteiger partial charge on any atom is 0.242 e. The highest BCUT2D eigenvalue weighted by atomic mass is 16.5. The summed E-state index contributed by atoms with van der Waals surface area (Å²) in [7, 11) is 0. The number of carbonyl (C=O) groups is 1. The van der Waals surface area contributed by atoms with Crippen molar-refractivity contribution >= 4 is 5.91 Å². The molecule has 0 bridgehead atoms. The second kappa shape index (κ2) is 5.31. The van der Waals surface area contributed by atoms with E-state index in [2.05, 4.69) is 0 Å². The predicted octanol–water partition coefficient (Wildman–Crippen LogP) is 1.56. The molecule has 1 fully saturated rings. The van der Waals surface area contributed by atoms with Crippen molar-refractivity contribution in [3.8, 4) is 6.07 Å². The summed E-state index contributed by atoms with van der Waals surface area (Å²) in [5.41, 5.74) is -0.936. The van der Waals surface area contributed by atoms with Gasteiger partial charge in [-0.25, -0.2) is 0 Å². The van der Waals surface area contributed by atoms with E-state index in [9.17, 15) is 4.79 Å². The molecular formula is C12H20N2O2. The van der Waals surface area contributed by atoms with Gasteiger partial charge in [-0.05, 0) is 33.6 Å². The van der Waals surface area contributed by atoms with Gasteiger partial charge in [-0.1, -0.05) is 0 Å². The van der Waals surface area contributed by atoms with E-state index in [1.165, 1.54) is 0 Å². The number of rotatable bonds is 4. The van der Waals surface area contributed by atoms with Crippen molar-refractivity contribution < 1.29 is 9.53 Å². The Balaban J connectivity index is 2.60. The largest absolute Gasteiger partial charge is 0.376 e. The minimum absolute atomic E-state index is 0.104. The highest BCUT2D eigenvalue weighted by Gasteiger charge is 2.33. The molecule has 90 valence electrons. The molecule has 0 radical (unpaired) electrons. The normalized spacial score (nSPS) is 20.5. The highest BCUT2D eigenvalue weighted by Crippen LogP contribution is 2.20. The fraction of sp³-hybridized carbons (Fsp3) is 0.833. The SMILES string of the molecule is CCN(C[C@H]1CCCO1)C(=O)C(C)(C)C#N. The van der Waals surface area contributed by atoms with Crippen LogP contribution in [0.4, 0.5) is 0 Å². The highest BCUT2D eigenvalue weighted by molar-refractivity contribution is 5.84. The van der Waals surface area contributed by atoms with E-state index in [1.54, 1.807) is 18.7 Å². The van der Waals surface area contributed by atoms with Crippen LogP contribution in [0.5, 0.6) is 0 Å². The smallest absolute Gasteiger partial charge is 0.242 e. The first kappa shape index (κ1) is 13.0. The monoisotopic (exact) mass is 224 g/mol. The molecule has 0 aromatic carbocycles. The Bertz CT molecular complexity index is 288. The van der Waals surface area contributed by atoms with Crippen molar-refractivity contribution in [2.75, 3.05) is 19.7 Å². The van der Waals surface area contributed by atoms with E-state index < -0.39 is 5.41 Å². The number of nitrogens with zero attached hydrogens (tertiary/aromatic N) is 2. The van der Waals surface area contributed by atoms with Gasteiger partial charge in [0.1, 0.15) is 5.41 Å². The number of hydrogen-bond acceptors (Lipinski definition) is 3. The van der Waals surface area contributed by atoms with Gasteiger partial charge in [0.05, 0.1) is 12.2 Å². The topological polar surface area (TPSA) is 53.3 Å². The molecule has 4 nitrogen and oxygen atoms in total. The lowest BCUT2D eigenvalue weighted by atomic mass is 9.93. The molecular weight excluding hydrogens is 204 g/mol. The van der Waals surface area contributed by atoms with E-state index in [0.717, 1.165) is 19.4 Å². The summed E-state index contributed by atoms with van der Waals surface area (Å²) in [4.78, 5) is 13.8. The van der Waals surface area contributed by atoms with Crippen molar-refractivity contribution in [3.05, 3.63) is 0 Å². The van der Waals surface area contributed by atoms with Crippen LogP contribution in [0.3, 0.4) is 0 Å². The van der Waals surface area contributed by atoms with Crippen LogP contribution in [0.25, 0.3) is 0 Å². The summed E-state index contributed by atoms with van der Waals surface area (Å²) in [6.07, 6.45) is 2.23. The maximum atomic E-state index is 12.1. The molecule has 1 rings (SSSR count). The van der Waals surface area contributed by atoms with Gasteiger partial charge in [0.2, 0.25) is 5.91 Å². The van der Waals surface area contributed by atoms with Gasteiger partial charge in [-0.2, -0.15) is 5.26 Å². The number of nitriles is 1. The summed E-state index contributed by atoms with van der Waals surface area (Å²) in [6, 6.07) is 2.05. The first-order valence-corrected chi connectivity index (χ1v) is 5.83. The first-order chi connectivity index (χ1) is 7.51. The Hall–Kier alpha value is -1.08. The molecule has 1 saturated heterocycles. The Morgan fingerprint density at radius 2 is 2.31 bits per heavy atom. The molecule has 1 amide bonds. The van der Waals surface area contributed by atoms with Gasteiger partial charge in [-0.3, -0.25) is 4.79 Å². The van der Waals surface area contributed by atoms with E-state index in [1.807, 2.05) is 13.0 Å². The quantitative estimate of drug-likeness (QED) is 0.728. The molecule has 0 spiro atoms. The molecule has 16 heavy (non-hydrogen) atoms. The van der Waals surface area contributed by atoms with Gasteiger partial charge in [0.25, 0.3) is 0 Å². The van der Waals surface area contributed by atoms with Gasteiger partial charge in [-0.15, -0.1) is 0 Å². The molecule has 4 heteroatoms. The third-order valence-corrected chi connectivity index (χ3v) is 2.93. The van der Waals surface area contributed by atoms with Crippen LogP contribution >= 0.6 is 0 Å². The van der Waals surface area contributed by atoms with Crippen LogP contribution in [-0.2, 0) is 9.53 Å². The second-order valence-electron chi connectivity index (χ2n) is 4.72. The Morgan fingerprint density at radius 3 is 2.75 bits per heavy atom. The Labute approximate surface area is 97.2 Å². The molecule has 0 aromatic rings. The average molecular weight is 224 g/mol. The molecule has 0 saturated carbocycles. The van der Waals surface area contributed by atoms with E-state index >= 15 is 0 Å². The predicted molar refractivity (Wildman–Crippen MR) is 60.6 cm³/mol.